The first-order valence-electron chi connectivity index (χ1n) is 7.61. The van der Waals surface area contributed by atoms with Crippen LogP contribution in [-0.2, 0) is 0 Å². The second-order valence-corrected chi connectivity index (χ2v) is 5.97. The lowest BCUT2D eigenvalue weighted by Crippen LogP contribution is -2.19. The number of rotatable bonds is 4. The van der Waals surface area contributed by atoms with Gasteiger partial charge in [0.05, 0.1) is 12.6 Å². The van der Waals surface area contributed by atoms with Crippen molar-refractivity contribution in [3.05, 3.63) is 29.5 Å². The molecule has 0 saturated heterocycles. The molecule has 1 aliphatic carbocycles. The molecule has 0 bridgehead atoms. The van der Waals surface area contributed by atoms with Gasteiger partial charge >= 0.3 is 0 Å². The third kappa shape index (κ3) is 2.10. The molecule has 1 aromatic heterocycles. The maximum Gasteiger partial charge on any atom is 0.142 e. The Hall–Kier alpha value is -1.48. The molecule has 3 N–H and O–H groups in total. The summed E-state index contributed by atoms with van der Waals surface area (Å²) in [5.74, 6) is 2.13. The topological polar surface area (TPSA) is 51.0 Å². The highest BCUT2D eigenvalue weighted by Crippen LogP contribution is 2.41. The Morgan fingerprint density at radius 2 is 2.10 bits per heavy atom. The molecule has 1 aliphatic rings. The van der Waals surface area contributed by atoms with Gasteiger partial charge in [0.15, 0.2) is 0 Å². The molecule has 1 atom stereocenters. The summed E-state index contributed by atoms with van der Waals surface area (Å²) >= 11 is 0. The van der Waals surface area contributed by atoms with Crippen molar-refractivity contribution in [1.82, 2.24) is 4.98 Å². The highest BCUT2D eigenvalue weighted by Gasteiger charge is 2.28. The Morgan fingerprint density at radius 1 is 1.35 bits per heavy atom. The maximum atomic E-state index is 6.11. The van der Waals surface area contributed by atoms with Gasteiger partial charge in [-0.15, -0.1) is 0 Å². The number of benzene rings is 1. The van der Waals surface area contributed by atoms with Crippen LogP contribution in [0.5, 0.6) is 5.75 Å². The van der Waals surface area contributed by atoms with Gasteiger partial charge in [0, 0.05) is 17.5 Å². The minimum Gasteiger partial charge on any atom is -0.495 e. The third-order valence-corrected chi connectivity index (χ3v) is 4.88. The average Bonchev–Trinajstić information content (AvgIpc) is 3.11. The first-order valence-corrected chi connectivity index (χ1v) is 7.61. The van der Waals surface area contributed by atoms with E-state index in [2.05, 4.69) is 24.2 Å². The van der Waals surface area contributed by atoms with Crippen molar-refractivity contribution in [2.75, 3.05) is 13.7 Å². The van der Waals surface area contributed by atoms with Crippen LogP contribution in [0.2, 0.25) is 0 Å². The van der Waals surface area contributed by atoms with Gasteiger partial charge in [-0.3, -0.25) is 0 Å². The summed E-state index contributed by atoms with van der Waals surface area (Å²) in [4.78, 5) is 3.41. The Bertz CT molecular complexity index is 596. The summed E-state index contributed by atoms with van der Waals surface area (Å²) < 4.78 is 5.47. The van der Waals surface area contributed by atoms with Crippen LogP contribution < -0.4 is 10.5 Å². The third-order valence-electron chi connectivity index (χ3n) is 4.88. The zero-order valence-corrected chi connectivity index (χ0v) is 12.4. The molecule has 1 saturated carbocycles. The fourth-order valence-electron chi connectivity index (χ4n) is 3.82. The molecule has 20 heavy (non-hydrogen) atoms. The summed E-state index contributed by atoms with van der Waals surface area (Å²) in [6, 6.07) is 4.17. The number of ether oxygens (including phenoxy) is 1. The number of aromatic amines is 1. The van der Waals surface area contributed by atoms with Crippen LogP contribution in [0.15, 0.2) is 18.3 Å². The van der Waals surface area contributed by atoms with Crippen molar-refractivity contribution >= 4 is 10.9 Å². The number of aryl methyl sites for hydroxylation is 1. The van der Waals surface area contributed by atoms with E-state index in [0.717, 1.165) is 23.7 Å². The van der Waals surface area contributed by atoms with Crippen molar-refractivity contribution in [3.8, 4) is 5.75 Å². The number of fused-ring (bicyclic) bond motifs is 1. The van der Waals surface area contributed by atoms with Crippen molar-refractivity contribution in [2.45, 2.75) is 38.5 Å². The average molecular weight is 272 g/mol. The minimum atomic E-state index is 0.469. The van der Waals surface area contributed by atoms with Gasteiger partial charge in [-0.05, 0) is 49.4 Å². The van der Waals surface area contributed by atoms with Crippen molar-refractivity contribution in [1.29, 1.82) is 0 Å². The van der Waals surface area contributed by atoms with Gasteiger partial charge in [0.2, 0.25) is 0 Å². The normalized spacial score (nSPS) is 17.8. The molecule has 108 valence electrons. The van der Waals surface area contributed by atoms with E-state index in [4.69, 9.17) is 10.5 Å². The Kier molecular flexibility index (Phi) is 3.70. The fourth-order valence-corrected chi connectivity index (χ4v) is 3.82. The number of hydrogen-bond acceptors (Lipinski definition) is 2. The van der Waals surface area contributed by atoms with Crippen LogP contribution in [-0.4, -0.2) is 18.6 Å². The van der Waals surface area contributed by atoms with E-state index in [1.807, 2.05) is 6.07 Å². The maximum absolute atomic E-state index is 6.11. The zero-order chi connectivity index (χ0) is 14.1. The number of aromatic nitrogens is 1. The lowest BCUT2D eigenvalue weighted by atomic mass is 9.84. The van der Waals surface area contributed by atoms with Gasteiger partial charge in [-0.25, -0.2) is 0 Å². The van der Waals surface area contributed by atoms with E-state index in [0.29, 0.717) is 5.92 Å². The second-order valence-electron chi connectivity index (χ2n) is 5.97. The molecule has 3 heteroatoms. The molecule has 0 amide bonds. The van der Waals surface area contributed by atoms with Crippen molar-refractivity contribution in [3.63, 3.8) is 0 Å². The number of methoxy groups -OCH3 is 1. The minimum absolute atomic E-state index is 0.469. The molecular weight excluding hydrogens is 248 g/mol. The first-order chi connectivity index (χ1) is 9.76. The van der Waals surface area contributed by atoms with E-state index in [9.17, 15) is 0 Å². The van der Waals surface area contributed by atoms with Crippen LogP contribution >= 0.6 is 0 Å². The first kappa shape index (κ1) is 13.5. The van der Waals surface area contributed by atoms with Gasteiger partial charge in [-0.2, -0.15) is 0 Å². The van der Waals surface area contributed by atoms with Crippen LogP contribution in [0.25, 0.3) is 10.9 Å². The van der Waals surface area contributed by atoms with Crippen LogP contribution in [0, 0.1) is 12.8 Å². The highest BCUT2D eigenvalue weighted by molar-refractivity contribution is 5.91. The molecule has 1 aromatic carbocycles. The highest BCUT2D eigenvalue weighted by atomic mass is 16.5. The molecule has 0 radical (unpaired) electrons. The molecule has 0 aliphatic heterocycles. The second kappa shape index (κ2) is 5.49. The van der Waals surface area contributed by atoms with E-state index in [1.165, 1.54) is 42.2 Å². The molecule has 3 rings (SSSR count). The summed E-state index contributed by atoms with van der Waals surface area (Å²) in [5.41, 5.74) is 9.90. The van der Waals surface area contributed by atoms with E-state index in [1.54, 1.807) is 7.11 Å². The van der Waals surface area contributed by atoms with E-state index in [-0.39, 0.29) is 0 Å². The molecule has 1 fully saturated rings. The molecule has 1 unspecified atom stereocenters. The summed E-state index contributed by atoms with van der Waals surface area (Å²) in [6.07, 6.45) is 7.49. The molecular formula is C17H24N2O. The Morgan fingerprint density at radius 3 is 2.75 bits per heavy atom. The molecule has 1 heterocycles. The largest absolute Gasteiger partial charge is 0.495 e. The van der Waals surface area contributed by atoms with Crippen molar-refractivity contribution < 1.29 is 4.74 Å². The molecule has 3 nitrogen and oxygen atoms in total. The Balaban J connectivity index is 2.10. The predicted octanol–water partition coefficient (Wildman–Crippen LogP) is 3.72. The van der Waals surface area contributed by atoms with Gasteiger partial charge in [0.1, 0.15) is 5.75 Å². The van der Waals surface area contributed by atoms with Crippen LogP contribution in [0.1, 0.15) is 42.7 Å². The summed E-state index contributed by atoms with van der Waals surface area (Å²) in [6.45, 7) is 2.90. The van der Waals surface area contributed by atoms with Crippen LogP contribution in [0.3, 0.4) is 0 Å². The standard InChI is InChI=1S/C17H24N2O/c1-11-7-8-15(20-2)17-16(11)14(10-19-17)13(9-18)12-5-3-4-6-12/h7-8,10,12-13,19H,3-6,9,18H2,1-2H3. The van der Waals surface area contributed by atoms with E-state index < -0.39 is 0 Å². The number of H-pyrrole nitrogens is 1. The molecule has 0 spiro atoms. The summed E-state index contributed by atoms with van der Waals surface area (Å²) in [5, 5.41) is 1.31. The smallest absolute Gasteiger partial charge is 0.142 e. The van der Waals surface area contributed by atoms with Gasteiger partial charge < -0.3 is 15.5 Å². The number of nitrogens with two attached hydrogens (primary N) is 1. The fraction of sp³-hybridized carbons (Fsp3) is 0.529. The lowest BCUT2D eigenvalue weighted by Gasteiger charge is -2.22. The quantitative estimate of drug-likeness (QED) is 0.891. The zero-order valence-electron chi connectivity index (χ0n) is 12.4. The number of hydrogen-bond donors (Lipinski definition) is 2. The summed E-state index contributed by atoms with van der Waals surface area (Å²) in [7, 11) is 1.72. The number of nitrogens with one attached hydrogen (secondary N) is 1. The SMILES string of the molecule is COc1ccc(C)c2c(C(CN)C3CCCC3)c[nH]c12. The van der Waals surface area contributed by atoms with Gasteiger partial charge in [0.25, 0.3) is 0 Å². The Labute approximate surface area is 120 Å². The predicted molar refractivity (Wildman–Crippen MR) is 83.3 cm³/mol. The van der Waals surface area contributed by atoms with Gasteiger partial charge in [-0.1, -0.05) is 18.9 Å². The monoisotopic (exact) mass is 272 g/mol. The van der Waals surface area contributed by atoms with Crippen molar-refractivity contribution in [2.24, 2.45) is 11.7 Å². The van der Waals surface area contributed by atoms with E-state index >= 15 is 0 Å². The van der Waals surface area contributed by atoms with Crippen LogP contribution in [0.4, 0.5) is 0 Å². The molecule has 2 aromatic rings. The lowest BCUT2D eigenvalue weighted by molar-refractivity contribution is 0.419.